The zero-order valence-corrected chi connectivity index (χ0v) is 11.6. The molecule has 0 amide bonds. The monoisotopic (exact) mass is 268 g/mol. The predicted octanol–water partition coefficient (Wildman–Crippen LogP) is 3.36. The first-order chi connectivity index (χ1) is 8.93. The van der Waals surface area contributed by atoms with Crippen molar-refractivity contribution < 1.29 is 8.78 Å². The highest BCUT2D eigenvalue weighted by Gasteiger charge is 2.33. The lowest BCUT2D eigenvalue weighted by Crippen LogP contribution is -2.33. The lowest BCUT2D eigenvalue weighted by Gasteiger charge is -2.28. The van der Waals surface area contributed by atoms with Gasteiger partial charge < -0.3 is 5.73 Å². The molecule has 1 heterocycles. The van der Waals surface area contributed by atoms with Gasteiger partial charge in [-0.05, 0) is 30.0 Å². The average Bonchev–Trinajstić information content (AvgIpc) is 2.71. The van der Waals surface area contributed by atoms with Crippen LogP contribution in [0.25, 0.3) is 0 Å². The van der Waals surface area contributed by atoms with E-state index in [0.717, 1.165) is 25.1 Å². The molecule has 1 unspecified atom stereocenters. The van der Waals surface area contributed by atoms with Gasteiger partial charge in [0.1, 0.15) is 0 Å². The fraction of sp³-hybridized carbons (Fsp3) is 0.600. The van der Waals surface area contributed by atoms with E-state index in [1.54, 1.807) is 12.1 Å². The molecule has 1 aliphatic heterocycles. The number of alkyl halides is 2. The molecule has 1 aromatic rings. The lowest BCUT2D eigenvalue weighted by atomic mass is 9.93. The van der Waals surface area contributed by atoms with Gasteiger partial charge in [0.05, 0.1) is 0 Å². The first kappa shape index (κ1) is 14.4. The van der Waals surface area contributed by atoms with Gasteiger partial charge in [0.2, 0.25) is 0 Å². The Hall–Kier alpha value is -1.00. The van der Waals surface area contributed by atoms with Crippen molar-refractivity contribution in [3.8, 4) is 0 Å². The van der Waals surface area contributed by atoms with E-state index in [1.807, 2.05) is 6.07 Å². The summed E-state index contributed by atoms with van der Waals surface area (Å²) in [6, 6.07) is 6.69. The number of likely N-dealkylation sites (tertiary alicyclic amines) is 1. The Balaban J connectivity index is 2.20. The van der Waals surface area contributed by atoms with Gasteiger partial charge in [0, 0.05) is 24.7 Å². The summed E-state index contributed by atoms with van der Waals surface area (Å²) in [5, 5.41) is 0. The Morgan fingerprint density at radius 3 is 2.53 bits per heavy atom. The van der Waals surface area contributed by atoms with E-state index >= 15 is 0 Å². The van der Waals surface area contributed by atoms with Crippen molar-refractivity contribution in [2.24, 2.45) is 11.1 Å². The molecule has 1 aliphatic rings. The summed E-state index contributed by atoms with van der Waals surface area (Å²) in [6.07, 6.45) is -1.30. The molecular weight excluding hydrogens is 246 g/mol. The summed E-state index contributed by atoms with van der Waals surface area (Å²) in [7, 11) is 0. The molecule has 0 spiro atoms. The fourth-order valence-electron chi connectivity index (χ4n) is 2.82. The Labute approximate surface area is 113 Å². The zero-order chi connectivity index (χ0) is 14.0. The highest BCUT2D eigenvalue weighted by molar-refractivity contribution is 5.27. The maximum absolute atomic E-state index is 12.8. The SMILES string of the molecule is CC1(C)CCN(C(CN)c2cccc(C(F)F)c2)C1. The van der Waals surface area contributed by atoms with Gasteiger partial charge in [0.15, 0.2) is 0 Å². The normalized spacial score (nSPS) is 20.9. The van der Waals surface area contributed by atoms with Crippen LogP contribution in [0.1, 0.15) is 43.9 Å². The van der Waals surface area contributed by atoms with Crippen LogP contribution in [0.2, 0.25) is 0 Å². The number of benzene rings is 1. The van der Waals surface area contributed by atoms with Gasteiger partial charge in [-0.15, -0.1) is 0 Å². The van der Waals surface area contributed by atoms with Crippen LogP contribution in [0.15, 0.2) is 24.3 Å². The molecular formula is C15H22F2N2. The van der Waals surface area contributed by atoms with E-state index in [1.165, 1.54) is 6.07 Å². The average molecular weight is 268 g/mol. The summed E-state index contributed by atoms with van der Waals surface area (Å²) in [5.74, 6) is 0. The third kappa shape index (κ3) is 3.31. The third-order valence-electron chi connectivity index (χ3n) is 3.92. The summed E-state index contributed by atoms with van der Waals surface area (Å²) < 4.78 is 25.5. The zero-order valence-electron chi connectivity index (χ0n) is 11.6. The van der Waals surface area contributed by atoms with E-state index in [4.69, 9.17) is 5.73 Å². The summed E-state index contributed by atoms with van der Waals surface area (Å²) in [5.41, 5.74) is 7.13. The lowest BCUT2D eigenvalue weighted by molar-refractivity contribution is 0.151. The molecule has 2 N–H and O–H groups in total. The second-order valence-corrected chi connectivity index (χ2v) is 6.11. The van der Waals surface area contributed by atoms with E-state index in [2.05, 4.69) is 18.7 Å². The largest absolute Gasteiger partial charge is 0.329 e. The van der Waals surface area contributed by atoms with Gasteiger partial charge in [0.25, 0.3) is 6.43 Å². The fourth-order valence-corrected chi connectivity index (χ4v) is 2.82. The van der Waals surface area contributed by atoms with Crippen LogP contribution >= 0.6 is 0 Å². The van der Waals surface area contributed by atoms with Gasteiger partial charge in [-0.1, -0.05) is 32.0 Å². The second-order valence-electron chi connectivity index (χ2n) is 6.11. The number of nitrogens with zero attached hydrogens (tertiary/aromatic N) is 1. The molecule has 1 saturated heterocycles. The number of rotatable bonds is 4. The Bertz CT molecular complexity index is 432. The molecule has 0 aromatic heterocycles. The van der Waals surface area contributed by atoms with Crippen molar-refractivity contribution in [3.05, 3.63) is 35.4 Å². The summed E-state index contributed by atoms with van der Waals surface area (Å²) in [4.78, 5) is 2.31. The van der Waals surface area contributed by atoms with Crippen LogP contribution in [0.5, 0.6) is 0 Å². The van der Waals surface area contributed by atoms with Gasteiger partial charge >= 0.3 is 0 Å². The summed E-state index contributed by atoms with van der Waals surface area (Å²) >= 11 is 0. The highest BCUT2D eigenvalue weighted by atomic mass is 19.3. The van der Waals surface area contributed by atoms with Crippen molar-refractivity contribution in [1.82, 2.24) is 4.90 Å². The number of nitrogens with two attached hydrogens (primary N) is 1. The van der Waals surface area contributed by atoms with Crippen LogP contribution in [-0.2, 0) is 0 Å². The smallest absolute Gasteiger partial charge is 0.263 e. The first-order valence-electron chi connectivity index (χ1n) is 6.75. The Morgan fingerprint density at radius 1 is 1.32 bits per heavy atom. The van der Waals surface area contributed by atoms with E-state index in [0.29, 0.717) is 6.54 Å². The molecule has 19 heavy (non-hydrogen) atoms. The molecule has 1 aromatic carbocycles. The van der Waals surface area contributed by atoms with Gasteiger partial charge in [-0.3, -0.25) is 4.90 Å². The molecule has 106 valence electrons. The minimum Gasteiger partial charge on any atom is -0.329 e. The molecule has 2 rings (SSSR count). The minimum atomic E-state index is -2.42. The van der Waals surface area contributed by atoms with Crippen LogP contribution < -0.4 is 5.73 Å². The van der Waals surface area contributed by atoms with Crippen LogP contribution in [-0.4, -0.2) is 24.5 Å². The maximum Gasteiger partial charge on any atom is 0.263 e. The Morgan fingerprint density at radius 2 is 2.00 bits per heavy atom. The van der Waals surface area contributed by atoms with Crippen LogP contribution in [0, 0.1) is 5.41 Å². The van der Waals surface area contributed by atoms with Crippen LogP contribution in [0.4, 0.5) is 8.78 Å². The number of halogens is 2. The van der Waals surface area contributed by atoms with Crippen molar-refractivity contribution in [2.45, 2.75) is 32.7 Å². The minimum absolute atomic E-state index is 0.0421. The van der Waals surface area contributed by atoms with E-state index < -0.39 is 6.43 Å². The number of hydrogen-bond donors (Lipinski definition) is 1. The van der Waals surface area contributed by atoms with Crippen molar-refractivity contribution in [3.63, 3.8) is 0 Å². The van der Waals surface area contributed by atoms with Gasteiger partial charge in [-0.2, -0.15) is 0 Å². The highest BCUT2D eigenvalue weighted by Crippen LogP contribution is 2.35. The van der Waals surface area contributed by atoms with Crippen LogP contribution in [0.3, 0.4) is 0 Å². The molecule has 0 saturated carbocycles. The maximum atomic E-state index is 12.8. The first-order valence-corrected chi connectivity index (χ1v) is 6.75. The van der Waals surface area contributed by atoms with Crippen molar-refractivity contribution in [2.75, 3.05) is 19.6 Å². The molecule has 0 radical (unpaired) electrons. The molecule has 2 nitrogen and oxygen atoms in total. The third-order valence-corrected chi connectivity index (χ3v) is 3.92. The molecule has 4 heteroatoms. The molecule has 1 atom stereocenters. The molecule has 0 aliphatic carbocycles. The molecule has 0 bridgehead atoms. The number of hydrogen-bond acceptors (Lipinski definition) is 2. The predicted molar refractivity (Wildman–Crippen MR) is 73.2 cm³/mol. The summed E-state index contributed by atoms with van der Waals surface area (Å²) in [6.45, 7) is 6.87. The van der Waals surface area contributed by atoms with Gasteiger partial charge in [-0.25, -0.2) is 8.78 Å². The second kappa shape index (κ2) is 5.55. The standard InChI is InChI=1S/C15H22F2N2/c1-15(2)6-7-19(10-15)13(9-18)11-4-3-5-12(8-11)14(16)17/h3-5,8,13-14H,6-7,9-10,18H2,1-2H3. The quantitative estimate of drug-likeness (QED) is 0.907. The van der Waals surface area contributed by atoms with Crippen molar-refractivity contribution in [1.29, 1.82) is 0 Å². The van der Waals surface area contributed by atoms with Crippen molar-refractivity contribution >= 4 is 0 Å². The van der Waals surface area contributed by atoms with E-state index in [-0.39, 0.29) is 17.0 Å². The topological polar surface area (TPSA) is 29.3 Å². The van der Waals surface area contributed by atoms with E-state index in [9.17, 15) is 8.78 Å². The Kier molecular flexibility index (Phi) is 4.21. The molecule has 1 fully saturated rings.